The van der Waals surface area contributed by atoms with Gasteiger partial charge in [-0.25, -0.2) is 4.79 Å². The van der Waals surface area contributed by atoms with Gasteiger partial charge in [0.05, 0.1) is 11.4 Å². The Hall–Kier alpha value is -1.58. The van der Waals surface area contributed by atoms with Crippen molar-refractivity contribution >= 4 is 11.7 Å². The van der Waals surface area contributed by atoms with Crippen LogP contribution in [-0.4, -0.2) is 22.6 Å². The van der Waals surface area contributed by atoms with Crippen LogP contribution in [0.15, 0.2) is 6.07 Å². The summed E-state index contributed by atoms with van der Waals surface area (Å²) >= 11 is 0. The third-order valence-electron chi connectivity index (χ3n) is 3.80. The minimum Gasteiger partial charge on any atom is -0.478 e. The highest BCUT2D eigenvalue weighted by molar-refractivity contribution is 5.95. The maximum absolute atomic E-state index is 11.3. The fourth-order valence-corrected chi connectivity index (χ4v) is 2.40. The lowest BCUT2D eigenvalue weighted by atomic mass is 10.1. The summed E-state index contributed by atoms with van der Waals surface area (Å²) in [6, 6.07) is 1.81. The van der Waals surface area contributed by atoms with Crippen molar-refractivity contribution in [2.45, 2.75) is 34.1 Å². The van der Waals surface area contributed by atoms with Gasteiger partial charge in [0, 0.05) is 12.2 Å². The van der Waals surface area contributed by atoms with Crippen molar-refractivity contribution in [2.24, 2.45) is 11.3 Å². The SMILES string of the molecule is Cc1cc(NCC2CC2(C)C)c(C(=O)O)c(C)n1. The zero-order valence-corrected chi connectivity index (χ0v) is 11.4. The standard InChI is InChI=1S/C14H20N2O2/c1-8-5-11(12(13(17)18)9(2)16-8)15-7-10-6-14(10,3)4/h5,10H,6-7H2,1-4H3,(H,15,16)(H,17,18). The molecular formula is C14H20N2O2. The molecule has 1 saturated carbocycles. The van der Waals surface area contributed by atoms with Crippen molar-refractivity contribution in [1.82, 2.24) is 4.98 Å². The summed E-state index contributed by atoms with van der Waals surface area (Å²) in [6.45, 7) is 8.92. The zero-order valence-electron chi connectivity index (χ0n) is 11.4. The molecule has 1 aromatic rings. The second-order valence-electron chi connectivity index (χ2n) is 5.85. The van der Waals surface area contributed by atoms with Gasteiger partial charge in [0.15, 0.2) is 0 Å². The summed E-state index contributed by atoms with van der Waals surface area (Å²) in [5, 5.41) is 12.5. The predicted octanol–water partition coefficient (Wildman–Crippen LogP) is 2.85. The molecule has 1 heterocycles. The molecule has 98 valence electrons. The Morgan fingerprint density at radius 2 is 2.17 bits per heavy atom. The van der Waals surface area contributed by atoms with E-state index in [2.05, 4.69) is 24.1 Å². The van der Waals surface area contributed by atoms with Gasteiger partial charge in [-0.05, 0) is 37.7 Å². The molecule has 2 rings (SSSR count). The van der Waals surface area contributed by atoms with E-state index >= 15 is 0 Å². The van der Waals surface area contributed by atoms with Crippen LogP contribution in [0.3, 0.4) is 0 Å². The molecule has 0 aliphatic heterocycles. The molecule has 0 radical (unpaired) electrons. The van der Waals surface area contributed by atoms with E-state index in [1.54, 1.807) is 6.92 Å². The highest BCUT2D eigenvalue weighted by Gasteiger charge is 2.45. The highest BCUT2D eigenvalue weighted by Crippen LogP contribution is 2.51. The quantitative estimate of drug-likeness (QED) is 0.860. The summed E-state index contributed by atoms with van der Waals surface area (Å²) in [6.07, 6.45) is 1.20. The monoisotopic (exact) mass is 248 g/mol. The van der Waals surface area contributed by atoms with Gasteiger partial charge >= 0.3 is 5.97 Å². The van der Waals surface area contributed by atoms with Crippen molar-refractivity contribution in [3.63, 3.8) is 0 Å². The van der Waals surface area contributed by atoms with Crippen molar-refractivity contribution in [3.8, 4) is 0 Å². The molecule has 1 unspecified atom stereocenters. The summed E-state index contributed by atoms with van der Waals surface area (Å²) in [7, 11) is 0. The van der Waals surface area contributed by atoms with E-state index in [9.17, 15) is 9.90 Å². The van der Waals surface area contributed by atoms with Crippen LogP contribution in [0, 0.1) is 25.2 Å². The maximum atomic E-state index is 11.3. The van der Waals surface area contributed by atoms with Gasteiger partial charge in [0.25, 0.3) is 0 Å². The van der Waals surface area contributed by atoms with E-state index in [0.29, 0.717) is 28.3 Å². The third kappa shape index (κ3) is 2.47. The minimum absolute atomic E-state index is 0.291. The highest BCUT2D eigenvalue weighted by atomic mass is 16.4. The van der Waals surface area contributed by atoms with Gasteiger partial charge in [-0.2, -0.15) is 0 Å². The Bertz CT molecular complexity index is 495. The number of aromatic carboxylic acids is 1. The number of pyridine rings is 1. The first kappa shape index (κ1) is 12.9. The average molecular weight is 248 g/mol. The number of hydrogen-bond donors (Lipinski definition) is 2. The second kappa shape index (κ2) is 4.26. The molecule has 1 fully saturated rings. The maximum Gasteiger partial charge on any atom is 0.339 e. The molecule has 4 nitrogen and oxygen atoms in total. The molecule has 1 atom stereocenters. The van der Waals surface area contributed by atoms with Crippen LogP contribution >= 0.6 is 0 Å². The van der Waals surface area contributed by atoms with E-state index in [1.807, 2.05) is 13.0 Å². The minimum atomic E-state index is -0.919. The molecule has 2 N–H and O–H groups in total. The lowest BCUT2D eigenvalue weighted by molar-refractivity contribution is 0.0696. The van der Waals surface area contributed by atoms with Crippen LogP contribution in [0.1, 0.15) is 42.0 Å². The van der Waals surface area contributed by atoms with Gasteiger partial charge in [-0.1, -0.05) is 13.8 Å². The number of nitrogens with zero attached hydrogens (tertiary/aromatic N) is 1. The van der Waals surface area contributed by atoms with Crippen LogP contribution in [0.25, 0.3) is 0 Å². The molecule has 4 heteroatoms. The molecule has 0 spiro atoms. The van der Waals surface area contributed by atoms with Crippen LogP contribution in [-0.2, 0) is 0 Å². The number of hydrogen-bond acceptors (Lipinski definition) is 3. The van der Waals surface area contributed by atoms with Crippen LogP contribution in [0.2, 0.25) is 0 Å². The van der Waals surface area contributed by atoms with Crippen molar-refractivity contribution in [3.05, 3.63) is 23.0 Å². The molecule has 1 aliphatic carbocycles. The lowest BCUT2D eigenvalue weighted by Gasteiger charge is -2.13. The molecule has 1 aliphatic rings. The topological polar surface area (TPSA) is 62.2 Å². The number of anilines is 1. The third-order valence-corrected chi connectivity index (χ3v) is 3.80. The molecule has 0 amide bonds. The average Bonchev–Trinajstić information content (AvgIpc) is 2.81. The van der Waals surface area contributed by atoms with E-state index in [1.165, 1.54) is 6.42 Å². The first-order valence-electron chi connectivity index (χ1n) is 6.26. The number of rotatable bonds is 4. The Balaban J connectivity index is 2.18. The largest absolute Gasteiger partial charge is 0.478 e. The van der Waals surface area contributed by atoms with Crippen molar-refractivity contribution in [2.75, 3.05) is 11.9 Å². The van der Waals surface area contributed by atoms with Crippen LogP contribution < -0.4 is 5.32 Å². The predicted molar refractivity (Wildman–Crippen MR) is 71.0 cm³/mol. The fraction of sp³-hybridized carbons (Fsp3) is 0.571. The molecular weight excluding hydrogens is 228 g/mol. The molecule has 0 saturated heterocycles. The van der Waals surface area contributed by atoms with Gasteiger partial charge < -0.3 is 10.4 Å². The lowest BCUT2D eigenvalue weighted by Crippen LogP contribution is -2.13. The fourth-order valence-electron chi connectivity index (χ4n) is 2.40. The van der Waals surface area contributed by atoms with Gasteiger partial charge in [0.2, 0.25) is 0 Å². The number of carbonyl (C=O) groups is 1. The van der Waals surface area contributed by atoms with E-state index in [-0.39, 0.29) is 0 Å². The summed E-state index contributed by atoms with van der Waals surface area (Å²) in [4.78, 5) is 15.5. The Labute approximate surface area is 107 Å². The Morgan fingerprint density at radius 3 is 2.67 bits per heavy atom. The smallest absolute Gasteiger partial charge is 0.339 e. The second-order valence-corrected chi connectivity index (χ2v) is 5.85. The van der Waals surface area contributed by atoms with Crippen molar-refractivity contribution < 1.29 is 9.90 Å². The number of aryl methyl sites for hydroxylation is 2. The van der Waals surface area contributed by atoms with Gasteiger partial charge in [0.1, 0.15) is 5.56 Å². The molecule has 1 aromatic heterocycles. The Morgan fingerprint density at radius 1 is 1.56 bits per heavy atom. The summed E-state index contributed by atoms with van der Waals surface area (Å²) in [5.41, 5.74) is 2.79. The van der Waals surface area contributed by atoms with Crippen LogP contribution in [0.5, 0.6) is 0 Å². The van der Waals surface area contributed by atoms with E-state index < -0.39 is 5.97 Å². The number of nitrogens with one attached hydrogen (secondary N) is 1. The first-order chi connectivity index (χ1) is 8.31. The van der Waals surface area contributed by atoms with Crippen LogP contribution in [0.4, 0.5) is 5.69 Å². The first-order valence-corrected chi connectivity index (χ1v) is 6.26. The number of carboxylic acid groups (broad SMARTS) is 1. The van der Waals surface area contributed by atoms with Gasteiger partial charge in [-0.3, -0.25) is 4.98 Å². The molecule has 0 aromatic carbocycles. The number of carboxylic acids is 1. The summed E-state index contributed by atoms with van der Waals surface area (Å²) in [5.74, 6) is -0.287. The van der Waals surface area contributed by atoms with Crippen molar-refractivity contribution in [1.29, 1.82) is 0 Å². The Kier molecular flexibility index (Phi) is 3.05. The zero-order chi connectivity index (χ0) is 13.5. The molecule has 18 heavy (non-hydrogen) atoms. The van der Waals surface area contributed by atoms with Gasteiger partial charge in [-0.15, -0.1) is 0 Å². The number of aromatic nitrogens is 1. The normalized spacial score (nSPS) is 20.6. The molecule has 0 bridgehead atoms. The van der Waals surface area contributed by atoms with E-state index in [4.69, 9.17) is 0 Å². The summed E-state index contributed by atoms with van der Waals surface area (Å²) < 4.78 is 0. The van der Waals surface area contributed by atoms with E-state index in [0.717, 1.165) is 12.2 Å².